The van der Waals surface area contributed by atoms with Crippen LogP contribution in [0.3, 0.4) is 0 Å². The summed E-state index contributed by atoms with van der Waals surface area (Å²) in [6.07, 6.45) is 3.97. The Morgan fingerprint density at radius 1 is 1.45 bits per heavy atom. The Morgan fingerprint density at radius 2 is 2.18 bits per heavy atom. The van der Waals surface area contributed by atoms with Crippen LogP contribution in [-0.2, 0) is 0 Å². The fourth-order valence-corrected chi connectivity index (χ4v) is 3.02. The lowest BCUT2D eigenvalue weighted by Gasteiger charge is -2.57. The molecule has 0 aliphatic heterocycles. The van der Waals surface area contributed by atoms with E-state index in [0.717, 1.165) is 11.8 Å². The van der Waals surface area contributed by atoms with E-state index in [4.69, 9.17) is 5.26 Å². The minimum absolute atomic E-state index is 0.0532. The first kappa shape index (κ1) is 7.16. The number of fused-ring (bicyclic) bond motifs is 2. The van der Waals surface area contributed by atoms with Crippen LogP contribution in [0.4, 0.5) is 0 Å². The summed E-state index contributed by atoms with van der Waals surface area (Å²) in [4.78, 5) is 0. The van der Waals surface area contributed by atoms with Crippen molar-refractivity contribution in [2.45, 2.75) is 33.1 Å². The Bertz CT molecular complexity index is 213. The smallest absolute Gasteiger partial charge is 0.0692 e. The van der Waals surface area contributed by atoms with Gasteiger partial charge in [-0.2, -0.15) is 5.26 Å². The predicted octanol–water partition coefficient (Wildman–Crippen LogP) is 2.58. The van der Waals surface area contributed by atoms with E-state index in [9.17, 15) is 0 Å². The van der Waals surface area contributed by atoms with Crippen LogP contribution in [0.5, 0.6) is 0 Å². The fraction of sp³-hybridized carbons (Fsp3) is 0.900. The highest BCUT2D eigenvalue weighted by atomic mass is 14.6. The molecule has 0 saturated heterocycles. The summed E-state index contributed by atoms with van der Waals surface area (Å²) < 4.78 is 0. The van der Waals surface area contributed by atoms with Crippen molar-refractivity contribution in [1.29, 1.82) is 5.26 Å². The monoisotopic (exact) mass is 149 g/mol. The standard InChI is InChI=1S/C10H15N/c1-7-3-4-8-5-9(7)10(8,2)6-11/h7-9H,3-5H2,1-2H3. The highest BCUT2D eigenvalue weighted by Crippen LogP contribution is 2.61. The van der Waals surface area contributed by atoms with Crippen molar-refractivity contribution in [2.24, 2.45) is 23.2 Å². The third kappa shape index (κ3) is 0.704. The summed E-state index contributed by atoms with van der Waals surface area (Å²) in [5.74, 6) is 2.24. The summed E-state index contributed by atoms with van der Waals surface area (Å²) in [5, 5.41) is 9.02. The summed E-state index contributed by atoms with van der Waals surface area (Å²) >= 11 is 0. The van der Waals surface area contributed by atoms with Gasteiger partial charge in [0, 0.05) is 0 Å². The molecular formula is C10H15N. The molecule has 3 aliphatic rings. The van der Waals surface area contributed by atoms with Crippen LogP contribution in [0, 0.1) is 34.5 Å². The van der Waals surface area contributed by atoms with Crippen molar-refractivity contribution in [3.8, 4) is 6.07 Å². The molecule has 3 saturated carbocycles. The van der Waals surface area contributed by atoms with Crippen molar-refractivity contribution < 1.29 is 0 Å². The van der Waals surface area contributed by atoms with Gasteiger partial charge < -0.3 is 0 Å². The number of nitriles is 1. The van der Waals surface area contributed by atoms with E-state index < -0.39 is 0 Å². The third-order valence-electron chi connectivity index (χ3n) is 4.06. The topological polar surface area (TPSA) is 23.8 Å². The minimum Gasteiger partial charge on any atom is -0.198 e. The zero-order valence-electron chi connectivity index (χ0n) is 7.30. The quantitative estimate of drug-likeness (QED) is 0.519. The van der Waals surface area contributed by atoms with Crippen molar-refractivity contribution in [3.63, 3.8) is 0 Å². The molecule has 0 aromatic heterocycles. The van der Waals surface area contributed by atoms with Gasteiger partial charge in [-0.15, -0.1) is 0 Å². The normalized spacial score (nSPS) is 54.5. The third-order valence-corrected chi connectivity index (χ3v) is 4.06. The maximum Gasteiger partial charge on any atom is 0.0692 e. The van der Waals surface area contributed by atoms with Crippen LogP contribution in [-0.4, -0.2) is 0 Å². The largest absolute Gasteiger partial charge is 0.198 e. The summed E-state index contributed by atoms with van der Waals surface area (Å²) in [6, 6.07) is 2.51. The number of hydrogen-bond donors (Lipinski definition) is 0. The molecule has 0 aromatic rings. The zero-order chi connectivity index (χ0) is 8.06. The van der Waals surface area contributed by atoms with Gasteiger partial charge in [0.05, 0.1) is 11.5 Å². The Labute approximate surface area is 68.4 Å². The molecule has 4 atom stereocenters. The zero-order valence-corrected chi connectivity index (χ0v) is 7.30. The van der Waals surface area contributed by atoms with Gasteiger partial charge in [0.25, 0.3) is 0 Å². The fourth-order valence-electron chi connectivity index (χ4n) is 3.02. The molecule has 3 rings (SSSR count). The van der Waals surface area contributed by atoms with E-state index >= 15 is 0 Å². The average molecular weight is 149 g/mol. The van der Waals surface area contributed by atoms with E-state index in [2.05, 4.69) is 19.9 Å². The Morgan fingerprint density at radius 3 is 2.55 bits per heavy atom. The molecule has 0 heterocycles. The van der Waals surface area contributed by atoms with Crippen LogP contribution in [0.25, 0.3) is 0 Å². The molecule has 0 spiro atoms. The Kier molecular flexibility index (Phi) is 1.30. The van der Waals surface area contributed by atoms with Gasteiger partial charge in [0.15, 0.2) is 0 Å². The van der Waals surface area contributed by atoms with Crippen molar-refractivity contribution >= 4 is 0 Å². The molecule has 0 amide bonds. The molecule has 11 heavy (non-hydrogen) atoms. The average Bonchev–Trinajstić information content (AvgIpc) is 2.02. The molecule has 60 valence electrons. The molecule has 1 nitrogen and oxygen atoms in total. The van der Waals surface area contributed by atoms with Crippen molar-refractivity contribution in [2.75, 3.05) is 0 Å². The molecule has 3 aliphatic carbocycles. The van der Waals surface area contributed by atoms with Gasteiger partial charge in [0.1, 0.15) is 0 Å². The Balaban J connectivity index is 2.22. The molecule has 1 heteroatoms. The second kappa shape index (κ2) is 2.00. The Hall–Kier alpha value is -0.510. The van der Waals surface area contributed by atoms with Crippen LogP contribution in [0.2, 0.25) is 0 Å². The second-order valence-corrected chi connectivity index (χ2v) is 4.49. The highest BCUT2D eigenvalue weighted by molar-refractivity contribution is 5.15. The minimum atomic E-state index is 0.0532. The van der Waals surface area contributed by atoms with Gasteiger partial charge >= 0.3 is 0 Å². The van der Waals surface area contributed by atoms with Crippen molar-refractivity contribution in [3.05, 3.63) is 0 Å². The van der Waals surface area contributed by atoms with Gasteiger partial charge in [0.2, 0.25) is 0 Å². The van der Waals surface area contributed by atoms with Gasteiger partial charge in [-0.05, 0) is 37.5 Å². The molecule has 0 N–H and O–H groups in total. The lowest BCUT2D eigenvalue weighted by atomic mass is 9.46. The van der Waals surface area contributed by atoms with E-state index in [0.29, 0.717) is 5.92 Å². The highest BCUT2D eigenvalue weighted by Gasteiger charge is 2.56. The predicted molar refractivity (Wildman–Crippen MR) is 43.7 cm³/mol. The van der Waals surface area contributed by atoms with Gasteiger partial charge in [-0.3, -0.25) is 0 Å². The lowest BCUT2D eigenvalue weighted by Crippen LogP contribution is -2.52. The first-order valence-electron chi connectivity index (χ1n) is 4.59. The number of rotatable bonds is 0. The summed E-state index contributed by atoms with van der Waals surface area (Å²) in [7, 11) is 0. The molecular weight excluding hydrogens is 134 g/mol. The van der Waals surface area contributed by atoms with E-state index in [-0.39, 0.29) is 5.41 Å². The maximum atomic E-state index is 9.02. The first-order chi connectivity index (χ1) is 5.18. The van der Waals surface area contributed by atoms with Crippen LogP contribution in [0.15, 0.2) is 0 Å². The number of nitrogens with zero attached hydrogens (tertiary/aromatic N) is 1. The van der Waals surface area contributed by atoms with E-state index in [1.165, 1.54) is 19.3 Å². The number of hydrogen-bond acceptors (Lipinski definition) is 1. The van der Waals surface area contributed by atoms with Crippen molar-refractivity contribution in [1.82, 2.24) is 0 Å². The first-order valence-corrected chi connectivity index (χ1v) is 4.59. The van der Waals surface area contributed by atoms with Crippen LogP contribution in [0.1, 0.15) is 33.1 Å². The second-order valence-electron chi connectivity index (χ2n) is 4.49. The van der Waals surface area contributed by atoms with E-state index in [1.807, 2.05) is 0 Å². The van der Waals surface area contributed by atoms with Crippen LogP contribution < -0.4 is 0 Å². The van der Waals surface area contributed by atoms with Crippen LogP contribution >= 0.6 is 0 Å². The summed E-state index contributed by atoms with van der Waals surface area (Å²) in [6.45, 7) is 4.46. The summed E-state index contributed by atoms with van der Waals surface area (Å²) in [5.41, 5.74) is 0.0532. The molecule has 2 bridgehead atoms. The molecule has 0 radical (unpaired) electrons. The SMILES string of the molecule is CC1CCC2CC1C2(C)C#N. The molecule has 3 fully saturated rings. The maximum absolute atomic E-state index is 9.02. The molecule has 0 aromatic carbocycles. The van der Waals surface area contributed by atoms with Gasteiger partial charge in [-0.25, -0.2) is 0 Å². The van der Waals surface area contributed by atoms with E-state index in [1.54, 1.807) is 0 Å². The lowest BCUT2D eigenvalue weighted by molar-refractivity contribution is -0.0705. The van der Waals surface area contributed by atoms with Gasteiger partial charge in [-0.1, -0.05) is 13.3 Å². The molecule has 4 unspecified atom stereocenters.